The van der Waals surface area contributed by atoms with E-state index in [1.54, 1.807) is 6.92 Å². The Balaban J connectivity index is 0. The lowest BCUT2D eigenvalue weighted by Gasteiger charge is -2.23. The van der Waals surface area contributed by atoms with Crippen LogP contribution in [0.3, 0.4) is 0 Å². The van der Waals surface area contributed by atoms with Gasteiger partial charge in [-0.15, -0.1) is 0 Å². The zero-order chi connectivity index (χ0) is 28.1. The van der Waals surface area contributed by atoms with Gasteiger partial charge in [0.25, 0.3) is 0 Å². The molecular formula is C25H48N2O11. The van der Waals surface area contributed by atoms with E-state index in [1.165, 1.54) is 52.4 Å². The molecule has 0 bridgehead atoms. The van der Waals surface area contributed by atoms with Gasteiger partial charge in [0.15, 0.2) is 5.76 Å². The van der Waals surface area contributed by atoms with Crippen molar-refractivity contribution in [2.24, 2.45) is 0 Å². The highest BCUT2D eigenvalue weighted by molar-refractivity contribution is 5.66. The maximum Gasteiger partial charge on any atom is 0.519 e. The molecule has 2 aliphatic heterocycles. The third-order valence-electron chi connectivity index (χ3n) is 5.23. The number of carbonyl (C=O) groups is 2. The van der Waals surface area contributed by atoms with Crippen LogP contribution in [0.15, 0.2) is 13.6 Å². The minimum absolute atomic E-state index is 0. The summed E-state index contributed by atoms with van der Waals surface area (Å²) < 4.78 is 17.7. The highest BCUT2D eigenvalue weighted by Crippen LogP contribution is 2.07. The molecule has 0 aromatic carbocycles. The van der Waals surface area contributed by atoms with Crippen molar-refractivity contribution in [2.45, 2.75) is 79.4 Å². The van der Waals surface area contributed by atoms with Gasteiger partial charge in [-0.3, -0.25) is 19.4 Å². The van der Waals surface area contributed by atoms with Crippen molar-refractivity contribution in [3.8, 4) is 0 Å². The predicted molar refractivity (Wildman–Crippen MR) is 139 cm³/mol. The van der Waals surface area contributed by atoms with Gasteiger partial charge >= 0.3 is 17.8 Å². The Morgan fingerprint density at radius 3 is 1.42 bits per heavy atom. The molecule has 1 aromatic rings. The average molecular weight is 553 g/mol. The second kappa shape index (κ2) is 23.8. The minimum Gasteiger partial charge on any atom is -0.463 e. The standard InChI is InChI=1S/C7H12O5.2C6H13NO.C5H6O4.CH4/c1-5(8)11-3-7(10)4-12-6(2)9;2*8-6-7-4-2-1-3-5-7;1-3-4(2-6)9-5(7)8-3;/h7,10H,3-4H2,1-2H3;2*8H,1-6H2;6H,2H2,1H3;1H4. The van der Waals surface area contributed by atoms with E-state index in [9.17, 15) is 14.4 Å². The molecule has 0 saturated carbocycles. The fraction of sp³-hybridized carbons (Fsp3) is 0.800. The number of hydrogen-bond donors (Lipinski definition) is 4. The number of aliphatic hydroxyl groups excluding tert-OH is 4. The van der Waals surface area contributed by atoms with E-state index in [0.717, 1.165) is 26.2 Å². The third-order valence-corrected chi connectivity index (χ3v) is 5.23. The number of esters is 2. The van der Waals surface area contributed by atoms with Crippen molar-refractivity contribution in [3.05, 3.63) is 22.1 Å². The maximum atomic E-state index is 10.2. The van der Waals surface area contributed by atoms with Gasteiger partial charge in [-0.1, -0.05) is 20.3 Å². The topological polar surface area (TPSA) is 183 Å². The molecule has 0 amide bonds. The van der Waals surface area contributed by atoms with E-state index in [0.29, 0.717) is 5.76 Å². The van der Waals surface area contributed by atoms with Crippen LogP contribution in [0.25, 0.3) is 0 Å². The SMILES string of the molecule is C.CC(=O)OCC(O)COC(C)=O.Cc1oc(=O)oc1CO.OCN1CCCCC1.OCN1CCCCC1. The van der Waals surface area contributed by atoms with Crippen molar-refractivity contribution < 1.29 is 48.3 Å². The molecule has 2 aliphatic rings. The summed E-state index contributed by atoms with van der Waals surface area (Å²) in [5, 5.41) is 34.7. The van der Waals surface area contributed by atoms with Crippen molar-refractivity contribution >= 4 is 11.9 Å². The Morgan fingerprint density at radius 2 is 1.21 bits per heavy atom. The Kier molecular flexibility index (Phi) is 23.7. The van der Waals surface area contributed by atoms with Crippen molar-refractivity contribution in [1.29, 1.82) is 0 Å². The normalized spacial score (nSPS) is 15.4. The van der Waals surface area contributed by atoms with Crippen LogP contribution in [0.5, 0.6) is 0 Å². The highest BCUT2D eigenvalue weighted by atomic mass is 16.6. The zero-order valence-electron chi connectivity index (χ0n) is 22.2. The summed E-state index contributed by atoms with van der Waals surface area (Å²) in [6.07, 6.45) is 6.80. The summed E-state index contributed by atoms with van der Waals surface area (Å²) >= 11 is 0. The number of piperidine rings is 2. The van der Waals surface area contributed by atoms with Gasteiger partial charge in [0.1, 0.15) is 31.7 Å². The molecule has 0 radical (unpaired) electrons. The summed E-state index contributed by atoms with van der Waals surface area (Å²) in [7, 11) is 0. The highest BCUT2D eigenvalue weighted by Gasteiger charge is 2.08. The molecule has 38 heavy (non-hydrogen) atoms. The first-order valence-electron chi connectivity index (χ1n) is 12.4. The summed E-state index contributed by atoms with van der Waals surface area (Å²) in [5.41, 5.74) is 0. The molecule has 2 saturated heterocycles. The molecule has 13 nitrogen and oxygen atoms in total. The average Bonchev–Trinajstić information content (AvgIpc) is 3.25. The van der Waals surface area contributed by atoms with E-state index in [2.05, 4.69) is 28.1 Å². The van der Waals surface area contributed by atoms with E-state index in [1.807, 2.05) is 0 Å². The van der Waals surface area contributed by atoms with Crippen LogP contribution in [0, 0.1) is 6.92 Å². The van der Waals surface area contributed by atoms with E-state index < -0.39 is 23.9 Å². The van der Waals surface area contributed by atoms with Crippen LogP contribution < -0.4 is 5.82 Å². The number of nitrogens with zero attached hydrogens (tertiary/aromatic N) is 2. The van der Waals surface area contributed by atoms with Crippen LogP contribution >= 0.6 is 0 Å². The first kappa shape index (κ1) is 37.9. The Hall–Kier alpha value is -2.29. The Morgan fingerprint density at radius 1 is 0.816 bits per heavy atom. The number of rotatable bonds is 7. The molecule has 13 heteroatoms. The van der Waals surface area contributed by atoms with Gasteiger partial charge in [0.05, 0.1) is 13.5 Å². The Bertz CT molecular complexity index is 734. The van der Waals surface area contributed by atoms with Gasteiger partial charge in [-0.2, -0.15) is 0 Å². The summed E-state index contributed by atoms with van der Waals surface area (Å²) in [6, 6.07) is 0. The lowest BCUT2D eigenvalue weighted by Crippen LogP contribution is -2.30. The quantitative estimate of drug-likeness (QED) is 0.352. The molecule has 0 spiro atoms. The fourth-order valence-electron chi connectivity index (χ4n) is 3.20. The Labute approximate surface area is 224 Å². The first-order chi connectivity index (χ1) is 17.6. The molecule has 1 aromatic heterocycles. The van der Waals surface area contributed by atoms with Gasteiger partial charge in [0, 0.05) is 40.0 Å². The van der Waals surface area contributed by atoms with Gasteiger partial charge in [-0.05, 0) is 32.6 Å². The maximum absolute atomic E-state index is 10.2. The lowest BCUT2D eigenvalue weighted by molar-refractivity contribution is -0.149. The third kappa shape index (κ3) is 20.7. The molecule has 0 unspecified atom stereocenters. The van der Waals surface area contributed by atoms with E-state index >= 15 is 0 Å². The molecule has 3 heterocycles. The molecule has 0 atom stereocenters. The minimum atomic E-state index is -0.946. The molecule has 3 rings (SSSR count). The van der Waals surface area contributed by atoms with Crippen molar-refractivity contribution in [1.82, 2.24) is 9.80 Å². The second-order valence-electron chi connectivity index (χ2n) is 8.49. The zero-order valence-corrected chi connectivity index (χ0v) is 22.2. The number of aryl methyl sites for hydroxylation is 1. The molecule has 224 valence electrons. The monoisotopic (exact) mass is 552 g/mol. The summed E-state index contributed by atoms with van der Waals surface area (Å²) in [6.45, 7) is 8.30. The molecular weight excluding hydrogens is 504 g/mol. The number of ether oxygens (including phenoxy) is 2. The number of aliphatic hydroxyl groups is 4. The molecule has 4 N–H and O–H groups in total. The van der Waals surface area contributed by atoms with Gasteiger partial charge in [-0.25, -0.2) is 4.79 Å². The van der Waals surface area contributed by atoms with E-state index in [4.69, 9.17) is 20.4 Å². The number of likely N-dealkylation sites (tertiary alicyclic amines) is 2. The first-order valence-corrected chi connectivity index (χ1v) is 12.4. The fourth-order valence-corrected chi connectivity index (χ4v) is 3.20. The van der Waals surface area contributed by atoms with Gasteiger partial charge < -0.3 is 38.7 Å². The lowest BCUT2D eigenvalue weighted by atomic mass is 10.1. The van der Waals surface area contributed by atoms with Crippen LogP contribution in [-0.2, 0) is 25.7 Å². The molecule has 2 fully saturated rings. The van der Waals surface area contributed by atoms with E-state index in [-0.39, 0.29) is 46.5 Å². The predicted octanol–water partition coefficient (Wildman–Crippen LogP) is 0.987. The smallest absolute Gasteiger partial charge is 0.463 e. The number of carbonyl (C=O) groups excluding carboxylic acids is 2. The van der Waals surface area contributed by atoms with Crippen molar-refractivity contribution in [2.75, 3.05) is 52.9 Å². The summed E-state index contributed by atoms with van der Waals surface area (Å²) in [5.74, 6) is -1.19. The van der Waals surface area contributed by atoms with Crippen LogP contribution in [-0.4, -0.2) is 101 Å². The van der Waals surface area contributed by atoms with Crippen molar-refractivity contribution in [3.63, 3.8) is 0 Å². The molecule has 0 aliphatic carbocycles. The second-order valence-corrected chi connectivity index (χ2v) is 8.49. The number of hydrogen-bond acceptors (Lipinski definition) is 13. The van der Waals surface area contributed by atoms with Crippen LogP contribution in [0.1, 0.15) is 71.3 Å². The van der Waals surface area contributed by atoms with Crippen LogP contribution in [0.4, 0.5) is 0 Å². The largest absolute Gasteiger partial charge is 0.519 e. The van der Waals surface area contributed by atoms with Gasteiger partial charge in [0.2, 0.25) is 0 Å². The van der Waals surface area contributed by atoms with Crippen LogP contribution in [0.2, 0.25) is 0 Å². The summed E-state index contributed by atoms with van der Waals surface area (Å²) in [4.78, 5) is 34.9.